The Morgan fingerprint density at radius 1 is 1.06 bits per heavy atom. The Kier molecular flexibility index (Phi) is 6.91. The molecule has 0 aliphatic carbocycles. The van der Waals surface area contributed by atoms with Gasteiger partial charge in [0.15, 0.2) is 0 Å². The van der Waals surface area contributed by atoms with Crippen molar-refractivity contribution in [3.05, 3.63) is 75.6 Å². The lowest BCUT2D eigenvalue weighted by Gasteiger charge is -2.22. The number of carbonyl (C=O) groups excluding carboxylic acids is 1. The third-order valence-corrected chi connectivity index (χ3v) is 5.90. The lowest BCUT2D eigenvalue weighted by molar-refractivity contribution is -0.137. The van der Waals surface area contributed by atoms with Crippen molar-refractivity contribution in [3.8, 4) is 11.3 Å². The molecule has 6 heteroatoms. The fraction of sp³-hybridized carbons (Fsp3) is 0.320. The zero-order valence-electron chi connectivity index (χ0n) is 18.3. The Labute approximate surface area is 187 Å². The number of benzene rings is 2. The first-order valence-corrected chi connectivity index (χ1v) is 11.1. The summed E-state index contributed by atoms with van der Waals surface area (Å²) in [6.45, 7) is 8.34. The van der Waals surface area contributed by atoms with Gasteiger partial charge < -0.3 is 10.4 Å². The molecule has 0 saturated heterocycles. The van der Waals surface area contributed by atoms with Gasteiger partial charge in [0.1, 0.15) is 0 Å². The zero-order valence-corrected chi connectivity index (χ0v) is 19.1. The molecule has 1 amide bonds. The van der Waals surface area contributed by atoms with Crippen LogP contribution in [-0.4, -0.2) is 22.0 Å². The molecule has 2 aromatic carbocycles. The molecule has 0 aliphatic heterocycles. The first-order chi connectivity index (χ1) is 14.6. The quantitative estimate of drug-likeness (QED) is 0.527. The number of carbonyl (C=O) groups is 2. The fourth-order valence-electron chi connectivity index (χ4n) is 3.36. The van der Waals surface area contributed by atoms with Gasteiger partial charge in [-0.2, -0.15) is 0 Å². The number of amides is 1. The Hall–Kier alpha value is -2.99. The standard InChI is InChI=1S/C25H28N2O3S/c1-16-26-22(15-31-16)19-7-5-17(6-8-19)13-23(28)27-21(14-24(29)30)18-9-11-20(12-10-18)25(2,3)4/h5-12,15,21H,13-14H2,1-4H3,(H,27,28)(H,29,30). The van der Waals surface area contributed by atoms with Crippen LogP contribution in [0.2, 0.25) is 0 Å². The van der Waals surface area contributed by atoms with Crippen molar-refractivity contribution in [1.82, 2.24) is 10.3 Å². The van der Waals surface area contributed by atoms with E-state index < -0.39 is 12.0 Å². The second-order valence-electron chi connectivity index (χ2n) is 8.72. The van der Waals surface area contributed by atoms with E-state index in [2.05, 4.69) is 31.1 Å². The Morgan fingerprint density at radius 3 is 2.23 bits per heavy atom. The summed E-state index contributed by atoms with van der Waals surface area (Å²) >= 11 is 1.60. The SMILES string of the molecule is Cc1nc(-c2ccc(CC(=O)NC(CC(=O)O)c3ccc(C(C)(C)C)cc3)cc2)cs1. The van der Waals surface area contributed by atoms with E-state index in [-0.39, 0.29) is 24.2 Å². The van der Waals surface area contributed by atoms with E-state index in [1.54, 1.807) is 11.3 Å². The van der Waals surface area contributed by atoms with E-state index in [9.17, 15) is 14.7 Å². The predicted molar refractivity (Wildman–Crippen MR) is 124 cm³/mol. The van der Waals surface area contributed by atoms with Gasteiger partial charge in [-0.15, -0.1) is 11.3 Å². The highest BCUT2D eigenvalue weighted by atomic mass is 32.1. The lowest BCUT2D eigenvalue weighted by Crippen LogP contribution is -2.31. The summed E-state index contributed by atoms with van der Waals surface area (Å²) in [4.78, 5) is 28.5. The highest BCUT2D eigenvalue weighted by Gasteiger charge is 2.20. The molecule has 0 fully saturated rings. The third kappa shape index (κ3) is 6.25. The first-order valence-electron chi connectivity index (χ1n) is 10.2. The van der Waals surface area contributed by atoms with Crippen molar-refractivity contribution >= 4 is 23.2 Å². The highest BCUT2D eigenvalue weighted by molar-refractivity contribution is 7.09. The van der Waals surface area contributed by atoms with Crippen LogP contribution in [0.1, 0.15) is 54.9 Å². The Morgan fingerprint density at radius 2 is 1.71 bits per heavy atom. The van der Waals surface area contributed by atoms with Crippen LogP contribution >= 0.6 is 11.3 Å². The van der Waals surface area contributed by atoms with Crippen LogP contribution in [0.3, 0.4) is 0 Å². The minimum absolute atomic E-state index is 0.00741. The molecule has 3 aromatic rings. The van der Waals surface area contributed by atoms with Gasteiger partial charge >= 0.3 is 5.97 Å². The maximum atomic E-state index is 12.6. The van der Waals surface area contributed by atoms with Crippen LogP contribution in [0.4, 0.5) is 0 Å². The maximum absolute atomic E-state index is 12.6. The number of aryl methyl sites for hydroxylation is 1. The summed E-state index contributed by atoms with van der Waals surface area (Å²) in [6, 6.07) is 15.0. The average molecular weight is 437 g/mol. The van der Waals surface area contributed by atoms with Crippen molar-refractivity contribution in [2.75, 3.05) is 0 Å². The number of hydrogen-bond donors (Lipinski definition) is 2. The molecule has 31 heavy (non-hydrogen) atoms. The predicted octanol–water partition coefficient (Wildman–Crippen LogP) is 5.29. The molecular weight excluding hydrogens is 408 g/mol. The van der Waals surface area contributed by atoms with Crippen LogP contribution in [0, 0.1) is 6.92 Å². The molecule has 0 bridgehead atoms. The van der Waals surface area contributed by atoms with E-state index in [0.717, 1.165) is 33.0 Å². The molecule has 5 nitrogen and oxygen atoms in total. The van der Waals surface area contributed by atoms with E-state index in [1.807, 2.05) is 60.8 Å². The summed E-state index contributed by atoms with van der Waals surface area (Å²) in [5, 5.41) is 15.2. The van der Waals surface area contributed by atoms with Crippen molar-refractivity contribution in [2.24, 2.45) is 0 Å². The largest absolute Gasteiger partial charge is 0.481 e. The van der Waals surface area contributed by atoms with Gasteiger partial charge in [0.25, 0.3) is 0 Å². The maximum Gasteiger partial charge on any atom is 0.305 e. The number of hydrogen-bond acceptors (Lipinski definition) is 4. The topological polar surface area (TPSA) is 79.3 Å². The third-order valence-electron chi connectivity index (χ3n) is 5.13. The number of thiazole rings is 1. The van der Waals surface area contributed by atoms with Crippen molar-refractivity contribution in [1.29, 1.82) is 0 Å². The molecule has 162 valence electrons. The van der Waals surface area contributed by atoms with E-state index >= 15 is 0 Å². The smallest absolute Gasteiger partial charge is 0.305 e. The molecular formula is C25H28N2O3S. The summed E-state index contributed by atoms with van der Waals surface area (Å²) in [6.07, 6.45) is 0.0231. The molecule has 0 saturated carbocycles. The van der Waals surface area contributed by atoms with Crippen molar-refractivity contribution in [3.63, 3.8) is 0 Å². The van der Waals surface area contributed by atoms with Crippen LogP contribution in [0.5, 0.6) is 0 Å². The molecule has 1 unspecified atom stereocenters. The van der Waals surface area contributed by atoms with Crippen molar-refractivity contribution < 1.29 is 14.7 Å². The molecule has 0 radical (unpaired) electrons. The molecule has 0 spiro atoms. The van der Waals surface area contributed by atoms with E-state index in [4.69, 9.17) is 0 Å². The monoisotopic (exact) mass is 436 g/mol. The van der Waals surface area contributed by atoms with Gasteiger partial charge in [0, 0.05) is 10.9 Å². The van der Waals surface area contributed by atoms with E-state index in [0.29, 0.717) is 0 Å². The van der Waals surface area contributed by atoms with Crippen LogP contribution in [0.25, 0.3) is 11.3 Å². The number of carboxylic acid groups (broad SMARTS) is 1. The summed E-state index contributed by atoms with van der Waals surface area (Å²) in [5.74, 6) is -1.16. The number of carboxylic acids is 1. The number of nitrogens with zero attached hydrogens (tertiary/aromatic N) is 1. The minimum atomic E-state index is -0.951. The van der Waals surface area contributed by atoms with E-state index in [1.165, 1.54) is 0 Å². The molecule has 1 aromatic heterocycles. The van der Waals surface area contributed by atoms with Crippen LogP contribution < -0.4 is 5.32 Å². The second-order valence-corrected chi connectivity index (χ2v) is 9.78. The first kappa shape index (κ1) is 22.7. The number of rotatable bonds is 7. The second kappa shape index (κ2) is 9.43. The molecule has 1 heterocycles. The van der Waals surface area contributed by atoms with Gasteiger partial charge in [0.05, 0.1) is 29.6 Å². The summed E-state index contributed by atoms with van der Waals surface area (Å²) < 4.78 is 0. The molecule has 3 rings (SSSR count). The fourth-order valence-corrected chi connectivity index (χ4v) is 3.98. The van der Waals surface area contributed by atoms with Crippen molar-refractivity contribution in [2.45, 2.75) is 52.0 Å². The van der Waals surface area contributed by atoms with Gasteiger partial charge in [-0.1, -0.05) is 69.3 Å². The average Bonchev–Trinajstić information content (AvgIpc) is 3.13. The Bertz CT molecular complexity index is 1050. The lowest BCUT2D eigenvalue weighted by atomic mass is 9.86. The van der Waals surface area contributed by atoms with Crippen LogP contribution in [0.15, 0.2) is 53.9 Å². The van der Waals surface area contributed by atoms with Gasteiger partial charge in [0.2, 0.25) is 5.91 Å². The number of nitrogens with one attached hydrogen (secondary N) is 1. The molecule has 0 aliphatic rings. The van der Waals surface area contributed by atoms with Gasteiger partial charge in [-0.25, -0.2) is 4.98 Å². The number of aromatic nitrogens is 1. The van der Waals surface area contributed by atoms with Gasteiger partial charge in [-0.3, -0.25) is 9.59 Å². The van der Waals surface area contributed by atoms with Crippen LogP contribution in [-0.2, 0) is 21.4 Å². The molecule has 2 N–H and O–H groups in total. The minimum Gasteiger partial charge on any atom is -0.481 e. The normalized spacial score (nSPS) is 12.4. The zero-order chi connectivity index (χ0) is 22.6. The highest BCUT2D eigenvalue weighted by Crippen LogP contribution is 2.25. The van der Waals surface area contributed by atoms with Gasteiger partial charge in [-0.05, 0) is 29.0 Å². The number of aliphatic carboxylic acids is 1. The summed E-state index contributed by atoms with van der Waals surface area (Å²) in [7, 11) is 0. The summed E-state index contributed by atoms with van der Waals surface area (Å²) in [5.41, 5.74) is 4.76. The Balaban J connectivity index is 1.68. The molecule has 1 atom stereocenters.